The van der Waals surface area contributed by atoms with Crippen molar-refractivity contribution in [3.63, 3.8) is 0 Å². The number of aliphatic carboxylic acids is 1. The molecule has 12 heteroatoms. The molecule has 1 aromatic heterocycles. The number of benzene rings is 1. The number of rotatable bonds is 13. The summed E-state index contributed by atoms with van der Waals surface area (Å²) in [7, 11) is -4.47. The van der Waals surface area contributed by atoms with E-state index in [-0.39, 0.29) is 25.4 Å². The molecule has 0 fully saturated rings. The maximum absolute atomic E-state index is 12.8. The zero-order chi connectivity index (χ0) is 25.1. The van der Waals surface area contributed by atoms with Gasteiger partial charge in [-0.05, 0) is 29.3 Å². The fraction of sp³-hybridized carbons (Fsp3) is 0.409. The number of carbonyl (C=O) groups excluding carboxylic acids is 3. The van der Waals surface area contributed by atoms with Gasteiger partial charge in [-0.15, -0.1) is 11.3 Å². The smallest absolute Gasteiger partial charge is 0.407 e. The molecule has 0 aliphatic heterocycles. The average molecular weight is 510 g/mol. The van der Waals surface area contributed by atoms with Gasteiger partial charge in [0.2, 0.25) is 5.91 Å². The summed E-state index contributed by atoms with van der Waals surface area (Å²) in [6, 6.07) is 9.80. The normalized spacial score (nSPS) is 14.6. The SMILES string of the molecule is CC(C)C[C@H](NP(=O)([O-])CNC(=O)OCc1ccccc1)C(=O)N[C@@H](Cc1cccs1)C(=O)[O-]. The van der Waals surface area contributed by atoms with Crippen molar-refractivity contribution in [3.05, 3.63) is 58.3 Å². The number of ether oxygens (including phenoxy) is 1. The number of amides is 2. The molecule has 0 saturated heterocycles. The maximum Gasteiger partial charge on any atom is 0.407 e. The van der Waals surface area contributed by atoms with Crippen LogP contribution in [0.15, 0.2) is 47.8 Å². The number of thiophene rings is 1. The van der Waals surface area contributed by atoms with Crippen molar-refractivity contribution in [3.8, 4) is 0 Å². The van der Waals surface area contributed by atoms with E-state index in [1.54, 1.807) is 55.6 Å². The van der Waals surface area contributed by atoms with Crippen molar-refractivity contribution in [2.24, 2.45) is 5.92 Å². The van der Waals surface area contributed by atoms with Gasteiger partial charge in [0.25, 0.3) is 0 Å². The largest absolute Gasteiger partial charge is 0.787 e. The number of carboxylic acid groups (broad SMARTS) is 1. The first kappa shape index (κ1) is 27.5. The van der Waals surface area contributed by atoms with Gasteiger partial charge in [-0.2, -0.15) is 0 Å². The highest BCUT2D eigenvalue weighted by atomic mass is 32.1. The number of carboxylic acids is 1. The van der Waals surface area contributed by atoms with Crippen LogP contribution < -0.4 is 25.7 Å². The molecule has 0 spiro atoms. The van der Waals surface area contributed by atoms with E-state index in [0.29, 0.717) is 0 Å². The second-order valence-electron chi connectivity index (χ2n) is 8.04. The first-order chi connectivity index (χ1) is 16.1. The summed E-state index contributed by atoms with van der Waals surface area (Å²) in [6.45, 7) is 3.55. The van der Waals surface area contributed by atoms with Crippen LogP contribution in [0, 0.1) is 5.92 Å². The Hall–Kier alpha value is -2.72. The van der Waals surface area contributed by atoms with Crippen LogP contribution in [0.25, 0.3) is 0 Å². The Morgan fingerprint density at radius 2 is 1.79 bits per heavy atom. The first-order valence-corrected chi connectivity index (χ1v) is 13.3. The molecular weight excluding hydrogens is 481 g/mol. The standard InChI is InChI=1S/C22H30N3O7PS/c1-15(2)11-18(20(26)24-19(21(27)28)12-17-9-6-10-34-17)25-33(30,31)14-23-22(29)32-13-16-7-4-3-5-8-16/h3-10,15,18-19H,11-14H2,1-2H3,(H,23,29)(H,24,26)(H,27,28)(H2,25,30,31)/p-2/t18-,19-/m0/s1. The molecule has 0 bridgehead atoms. The molecule has 0 saturated carbocycles. The highest BCUT2D eigenvalue weighted by Crippen LogP contribution is 2.30. The predicted octanol–water partition coefficient (Wildman–Crippen LogP) is 0.967. The third-order valence-electron chi connectivity index (χ3n) is 4.61. The van der Waals surface area contributed by atoms with Crippen LogP contribution in [0.5, 0.6) is 0 Å². The van der Waals surface area contributed by atoms with Crippen LogP contribution in [0.1, 0.15) is 30.7 Å². The Kier molecular flexibility index (Phi) is 10.7. The van der Waals surface area contributed by atoms with Gasteiger partial charge >= 0.3 is 6.09 Å². The lowest BCUT2D eigenvalue weighted by Gasteiger charge is -2.31. The zero-order valence-corrected chi connectivity index (χ0v) is 20.6. The lowest BCUT2D eigenvalue weighted by molar-refractivity contribution is -0.308. The first-order valence-electron chi connectivity index (χ1n) is 10.6. The fourth-order valence-electron chi connectivity index (χ4n) is 3.01. The minimum Gasteiger partial charge on any atom is -0.787 e. The Morgan fingerprint density at radius 3 is 2.38 bits per heavy atom. The van der Waals surface area contributed by atoms with Gasteiger partial charge in [0.1, 0.15) is 6.61 Å². The zero-order valence-electron chi connectivity index (χ0n) is 18.9. The lowest BCUT2D eigenvalue weighted by Crippen LogP contribution is -2.54. The quantitative estimate of drug-likeness (QED) is 0.337. The van der Waals surface area contributed by atoms with E-state index in [1.807, 2.05) is 6.07 Å². The summed E-state index contributed by atoms with van der Waals surface area (Å²) in [4.78, 5) is 49.4. The monoisotopic (exact) mass is 509 g/mol. The van der Waals surface area contributed by atoms with Gasteiger partial charge in [-0.1, -0.05) is 50.2 Å². The van der Waals surface area contributed by atoms with E-state index in [9.17, 15) is 28.9 Å². The fourth-order valence-corrected chi connectivity index (χ4v) is 4.89. The molecule has 0 aliphatic carbocycles. The van der Waals surface area contributed by atoms with Crippen molar-refractivity contribution in [1.82, 2.24) is 15.7 Å². The Morgan fingerprint density at radius 1 is 1.09 bits per heavy atom. The van der Waals surface area contributed by atoms with Gasteiger partial charge in [0.05, 0.1) is 31.9 Å². The molecule has 1 heterocycles. The molecule has 2 amide bonds. The second-order valence-corrected chi connectivity index (χ2v) is 11.0. The number of hydrogen-bond acceptors (Lipinski definition) is 8. The van der Waals surface area contributed by atoms with Crippen molar-refractivity contribution in [2.45, 2.75) is 45.4 Å². The summed E-state index contributed by atoms with van der Waals surface area (Å²) >= 11 is 1.33. The van der Waals surface area contributed by atoms with Gasteiger partial charge in [-0.3, -0.25) is 9.88 Å². The third-order valence-corrected chi connectivity index (χ3v) is 6.79. The maximum atomic E-state index is 12.8. The van der Waals surface area contributed by atoms with Gasteiger partial charge in [0.15, 0.2) is 0 Å². The molecule has 0 radical (unpaired) electrons. The molecule has 186 valence electrons. The predicted molar refractivity (Wildman–Crippen MR) is 124 cm³/mol. The van der Waals surface area contributed by atoms with E-state index in [2.05, 4.69) is 15.7 Å². The second kappa shape index (κ2) is 13.2. The van der Waals surface area contributed by atoms with Crippen LogP contribution in [-0.2, 0) is 31.9 Å². The van der Waals surface area contributed by atoms with Crippen LogP contribution >= 0.6 is 18.9 Å². The summed E-state index contributed by atoms with van der Waals surface area (Å²) in [6.07, 6.45) is -1.58. The number of carbonyl (C=O) groups is 3. The minimum absolute atomic E-state index is 0.0178. The van der Waals surface area contributed by atoms with E-state index < -0.39 is 43.9 Å². The van der Waals surface area contributed by atoms with Crippen LogP contribution in [-0.4, -0.2) is 36.3 Å². The number of alkyl carbamates (subject to hydrolysis) is 1. The summed E-state index contributed by atoms with van der Waals surface area (Å²) in [5.41, 5.74) is 0.736. The van der Waals surface area contributed by atoms with E-state index in [0.717, 1.165) is 10.4 Å². The molecule has 3 N–H and O–H groups in total. The third kappa shape index (κ3) is 10.0. The summed E-state index contributed by atoms with van der Waals surface area (Å²) < 4.78 is 17.5. The average Bonchev–Trinajstić information content (AvgIpc) is 3.29. The molecule has 34 heavy (non-hydrogen) atoms. The molecule has 1 aromatic carbocycles. The Bertz CT molecular complexity index is 986. The molecule has 2 rings (SSSR count). The van der Waals surface area contributed by atoms with Crippen molar-refractivity contribution in [2.75, 3.05) is 6.29 Å². The van der Waals surface area contributed by atoms with E-state index in [4.69, 9.17) is 4.74 Å². The topological polar surface area (TPSA) is 160 Å². The summed E-state index contributed by atoms with van der Waals surface area (Å²) in [5, 5.41) is 20.1. The molecule has 0 aliphatic rings. The Balaban J connectivity index is 1.94. The van der Waals surface area contributed by atoms with Gasteiger partial charge in [0, 0.05) is 11.3 Å². The van der Waals surface area contributed by atoms with Gasteiger partial charge in [-0.25, -0.2) is 4.79 Å². The number of nitrogens with one attached hydrogen (secondary N) is 3. The number of hydrogen-bond donors (Lipinski definition) is 3. The minimum atomic E-state index is -4.47. The van der Waals surface area contributed by atoms with Crippen LogP contribution in [0.4, 0.5) is 4.79 Å². The molecule has 2 aromatic rings. The van der Waals surface area contributed by atoms with E-state index in [1.165, 1.54) is 11.3 Å². The molecular formula is C22H28N3O7PS-2. The van der Waals surface area contributed by atoms with Crippen molar-refractivity contribution >= 4 is 36.8 Å². The van der Waals surface area contributed by atoms with E-state index >= 15 is 0 Å². The van der Waals surface area contributed by atoms with Crippen LogP contribution in [0.3, 0.4) is 0 Å². The molecule has 3 atom stereocenters. The summed E-state index contributed by atoms with van der Waals surface area (Å²) in [5.74, 6) is -2.34. The van der Waals surface area contributed by atoms with Crippen LogP contribution in [0.2, 0.25) is 0 Å². The highest BCUT2D eigenvalue weighted by molar-refractivity contribution is 7.54. The van der Waals surface area contributed by atoms with Gasteiger partial charge < -0.3 is 34.7 Å². The lowest BCUT2D eigenvalue weighted by atomic mass is 10.0. The Labute approximate surface area is 202 Å². The highest BCUT2D eigenvalue weighted by Gasteiger charge is 2.26. The van der Waals surface area contributed by atoms with Crippen molar-refractivity contribution < 1.29 is 33.7 Å². The molecule has 1 unspecified atom stereocenters. The molecule has 10 nitrogen and oxygen atoms in total. The van der Waals surface area contributed by atoms with Crippen molar-refractivity contribution in [1.29, 1.82) is 0 Å².